The number of rotatable bonds is 2. The van der Waals surface area contributed by atoms with Crippen LogP contribution in [0.3, 0.4) is 0 Å². The molecule has 1 saturated carbocycles. The van der Waals surface area contributed by atoms with E-state index >= 15 is 0 Å². The van der Waals surface area contributed by atoms with Crippen LogP contribution in [0.1, 0.15) is 32.1 Å². The van der Waals surface area contributed by atoms with E-state index in [2.05, 4.69) is 6.07 Å². The minimum Gasteiger partial charge on any atom is -0.451 e. The maximum Gasteiger partial charge on any atom is 0.241 e. The summed E-state index contributed by atoms with van der Waals surface area (Å²) in [6.07, 6.45) is 6.40. The van der Waals surface area contributed by atoms with E-state index in [0.717, 1.165) is 23.8 Å². The smallest absolute Gasteiger partial charge is 0.241 e. The number of hydrogen-bond donors (Lipinski definition) is 0. The summed E-state index contributed by atoms with van der Waals surface area (Å²) in [5.74, 6) is 2.52. The molecule has 1 aromatic rings. The number of hydrogen-bond acceptors (Lipinski definition) is 2. The highest BCUT2D eigenvalue weighted by Gasteiger charge is 2.27. The summed E-state index contributed by atoms with van der Waals surface area (Å²) >= 11 is 0. The predicted octanol–water partition coefficient (Wildman–Crippen LogP) is 3.16. The molecule has 1 aromatic carbocycles. The summed E-state index contributed by atoms with van der Waals surface area (Å²) in [6.45, 7) is 0. The van der Waals surface area contributed by atoms with Gasteiger partial charge in [0.15, 0.2) is 11.5 Å². The molecule has 1 aliphatic heterocycles. The lowest BCUT2D eigenvalue weighted by Gasteiger charge is -2.14. The highest BCUT2D eigenvalue weighted by atomic mass is 16.7. The van der Waals surface area contributed by atoms with Crippen molar-refractivity contribution in [2.24, 2.45) is 5.92 Å². The van der Waals surface area contributed by atoms with Crippen molar-refractivity contribution in [3.8, 4) is 11.5 Å². The van der Waals surface area contributed by atoms with Crippen LogP contribution in [0, 0.1) is 12.0 Å². The van der Waals surface area contributed by atoms with Gasteiger partial charge in [-0.05, 0) is 24.1 Å². The fourth-order valence-corrected chi connectivity index (χ4v) is 2.51. The van der Waals surface area contributed by atoms with Gasteiger partial charge >= 0.3 is 0 Å². The Labute approximate surface area is 90.2 Å². The zero-order valence-corrected chi connectivity index (χ0v) is 8.74. The van der Waals surface area contributed by atoms with E-state index in [0.29, 0.717) is 0 Å². The molecule has 1 heterocycles. The van der Waals surface area contributed by atoms with Crippen LogP contribution < -0.4 is 9.47 Å². The van der Waals surface area contributed by atoms with Crippen molar-refractivity contribution >= 4 is 0 Å². The second-order valence-electron chi connectivity index (χ2n) is 4.42. The van der Waals surface area contributed by atoms with Crippen LogP contribution in [0.2, 0.25) is 0 Å². The van der Waals surface area contributed by atoms with Gasteiger partial charge in [0.1, 0.15) is 0 Å². The van der Waals surface area contributed by atoms with Gasteiger partial charge in [0.05, 0.1) is 0 Å². The Morgan fingerprint density at radius 3 is 2.80 bits per heavy atom. The van der Waals surface area contributed by atoms with Gasteiger partial charge in [-0.3, -0.25) is 0 Å². The van der Waals surface area contributed by atoms with E-state index in [1.54, 1.807) is 0 Å². The molecule has 79 valence electrons. The van der Waals surface area contributed by atoms with Gasteiger partial charge in [-0.1, -0.05) is 31.7 Å². The van der Waals surface area contributed by atoms with Gasteiger partial charge in [-0.15, -0.1) is 0 Å². The van der Waals surface area contributed by atoms with Crippen molar-refractivity contribution in [2.45, 2.75) is 38.4 Å². The van der Waals surface area contributed by atoms with Gasteiger partial charge in [0.2, 0.25) is 6.29 Å². The fourth-order valence-electron chi connectivity index (χ4n) is 2.51. The molecule has 2 aliphatic rings. The van der Waals surface area contributed by atoms with Crippen LogP contribution in [0.5, 0.6) is 11.5 Å². The van der Waals surface area contributed by atoms with E-state index in [4.69, 9.17) is 9.47 Å². The molecule has 0 aromatic heterocycles. The summed E-state index contributed by atoms with van der Waals surface area (Å²) < 4.78 is 11.4. The van der Waals surface area contributed by atoms with Crippen LogP contribution in [0.4, 0.5) is 0 Å². The van der Waals surface area contributed by atoms with E-state index in [9.17, 15) is 0 Å². The van der Waals surface area contributed by atoms with Gasteiger partial charge in [-0.25, -0.2) is 0 Å². The first-order valence-electron chi connectivity index (χ1n) is 5.75. The molecule has 1 atom stereocenters. The largest absolute Gasteiger partial charge is 0.451 e. The summed E-state index contributed by atoms with van der Waals surface area (Å²) in [5, 5.41) is 0. The predicted molar refractivity (Wildman–Crippen MR) is 56.9 cm³/mol. The second-order valence-corrected chi connectivity index (χ2v) is 4.42. The summed E-state index contributed by atoms with van der Waals surface area (Å²) in [5.41, 5.74) is 0. The number of benzene rings is 1. The second kappa shape index (κ2) is 3.76. The van der Waals surface area contributed by atoms with Crippen molar-refractivity contribution in [3.05, 3.63) is 24.3 Å². The lowest BCUT2D eigenvalue weighted by Crippen LogP contribution is -2.21. The van der Waals surface area contributed by atoms with Crippen molar-refractivity contribution in [3.63, 3.8) is 0 Å². The lowest BCUT2D eigenvalue weighted by atomic mass is 10.0. The van der Waals surface area contributed by atoms with Gasteiger partial charge in [-0.2, -0.15) is 0 Å². The molecular formula is C13H15O2. The Morgan fingerprint density at radius 1 is 1.20 bits per heavy atom. The number of fused-ring (bicyclic) bond motifs is 1. The fraction of sp³-hybridized carbons (Fsp3) is 0.538. The molecule has 0 bridgehead atoms. The van der Waals surface area contributed by atoms with Crippen molar-refractivity contribution in [2.75, 3.05) is 0 Å². The standard InChI is InChI=1S/C13H15O2/c1-2-6-10(5-1)9-13-14-11-7-3-4-8-12(11)15-13/h3,7-8,10,13H,1-2,5-6,9H2. The van der Waals surface area contributed by atoms with Crippen LogP contribution in [-0.2, 0) is 0 Å². The first-order valence-corrected chi connectivity index (χ1v) is 5.75. The Hall–Kier alpha value is -1.18. The first kappa shape index (κ1) is 9.08. The average molecular weight is 203 g/mol. The highest BCUT2D eigenvalue weighted by Crippen LogP contribution is 2.37. The summed E-state index contributed by atoms with van der Waals surface area (Å²) in [7, 11) is 0. The summed E-state index contributed by atoms with van der Waals surface area (Å²) in [4.78, 5) is 0. The minimum absolute atomic E-state index is 0.0566. The van der Waals surface area contributed by atoms with Crippen LogP contribution in [0.15, 0.2) is 18.2 Å². The molecule has 2 nitrogen and oxygen atoms in total. The molecule has 0 saturated heterocycles. The third kappa shape index (κ3) is 1.81. The lowest BCUT2D eigenvalue weighted by molar-refractivity contribution is 0.0277. The van der Waals surface area contributed by atoms with E-state index < -0.39 is 0 Å². The zero-order chi connectivity index (χ0) is 10.1. The van der Waals surface area contributed by atoms with Gasteiger partial charge in [0, 0.05) is 6.42 Å². The molecule has 3 rings (SSSR count). The highest BCUT2D eigenvalue weighted by molar-refractivity contribution is 5.41. The Balaban J connectivity index is 1.63. The van der Waals surface area contributed by atoms with Crippen LogP contribution >= 0.6 is 0 Å². The molecule has 15 heavy (non-hydrogen) atoms. The quantitative estimate of drug-likeness (QED) is 0.735. The van der Waals surface area contributed by atoms with Gasteiger partial charge in [0.25, 0.3) is 0 Å². The van der Waals surface area contributed by atoms with Crippen molar-refractivity contribution < 1.29 is 9.47 Å². The maximum absolute atomic E-state index is 5.73. The van der Waals surface area contributed by atoms with Crippen LogP contribution in [0.25, 0.3) is 0 Å². The molecule has 0 spiro atoms. The van der Waals surface area contributed by atoms with Gasteiger partial charge < -0.3 is 9.47 Å². The molecule has 0 N–H and O–H groups in total. The van der Waals surface area contributed by atoms with Crippen LogP contribution in [-0.4, -0.2) is 6.29 Å². The monoisotopic (exact) mass is 203 g/mol. The van der Waals surface area contributed by atoms with Crippen molar-refractivity contribution in [1.29, 1.82) is 0 Å². The molecule has 1 radical (unpaired) electrons. The third-order valence-electron chi connectivity index (χ3n) is 3.31. The zero-order valence-electron chi connectivity index (χ0n) is 8.74. The molecular weight excluding hydrogens is 188 g/mol. The number of ether oxygens (including phenoxy) is 2. The SMILES string of the molecule is [c]1ccc2c(c1)OC(CC1CCCC1)O2. The first-order chi connectivity index (χ1) is 7.42. The maximum atomic E-state index is 5.73. The topological polar surface area (TPSA) is 18.5 Å². The Morgan fingerprint density at radius 2 is 2.00 bits per heavy atom. The van der Waals surface area contributed by atoms with E-state index in [-0.39, 0.29) is 6.29 Å². The molecule has 0 amide bonds. The molecule has 1 aliphatic carbocycles. The Kier molecular flexibility index (Phi) is 2.28. The van der Waals surface area contributed by atoms with E-state index in [1.807, 2.05) is 18.2 Å². The molecule has 2 heteroatoms. The summed E-state index contributed by atoms with van der Waals surface area (Å²) in [6, 6.07) is 8.63. The minimum atomic E-state index is -0.0566. The molecule has 1 unspecified atom stereocenters. The normalized spacial score (nSPS) is 21.1. The third-order valence-corrected chi connectivity index (χ3v) is 3.31. The average Bonchev–Trinajstić information content (AvgIpc) is 2.86. The van der Waals surface area contributed by atoms with Crippen molar-refractivity contribution in [1.82, 2.24) is 0 Å². The Bertz CT molecular complexity index is 317. The molecule has 1 fully saturated rings. The van der Waals surface area contributed by atoms with E-state index in [1.165, 1.54) is 25.7 Å².